The molecule has 1 aliphatic rings. The van der Waals surface area contributed by atoms with Crippen molar-refractivity contribution in [1.29, 1.82) is 0 Å². The molecule has 0 bridgehead atoms. The van der Waals surface area contributed by atoms with E-state index in [0.29, 0.717) is 12.5 Å². The van der Waals surface area contributed by atoms with Crippen LogP contribution in [0, 0.1) is 5.92 Å². The van der Waals surface area contributed by atoms with Crippen molar-refractivity contribution in [2.45, 2.75) is 65.0 Å². The van der Waals surface area contributed by atoms with Gasteiger partial charge < -0.3 is 11.1 Å². The lowest BCUT2D eigenvalue weighted by Gasteiger charge is -2.28. The maximum Gasteiger partial charge on any atom is 0.237 e. The van der Waals surface area contributed by atoms with E-state index in [1.807, 2.05) is 6.92 Å². The van der Waals surface area contributed by atoms with Crippen LogP contribution >= 0.6 is 24.8 Å². The highest BCUT2D eigenvalue weighted by Crippen LogP contribution is 2.13. The largest absolute Gasteiger partial charge is 0.351 e. The van der Waals surface area contributed by atoms with Crippen LogP contribution in [0.5, 0.6) is 0 Å². The van der Waals surface area contributed by atoms with Crippen molar-refractivity contribution in [1.82, 2.24) is 10.2 Å². The molecule has 21 heavy (non-hydrogen) atoms. The van der Waals surface area contributed by atoms with Gasteiger partial charge in [-0.15, -0.1) is 24.8 Å². The summed E-state index contributed by atoms with van der Waals surface area (Å²) >= 11 is 0. The zero-order valence-corrected chi connectivity index (χ0v) is 15.3. The smallest absolute Gasteiger partial charge is 0.237 e. The van der Waals surface area contributed by atoms with Gasteiger partial charge in [0.05, 0.1) is 6.04 Å². The molecule has 0 saturated carbocycles. The fourth-order valence-electron chi connectivity index (χ4n) is 2.75. The van der Waals surface area contributed by atoms with Gasteiger partial charge in [-0.05, 0) is 45.2 Å². The third kappa shape index (κ3) is 8.87. The van der Waals surface area contributed by atoms with E-state index in [4.69, 9.17) is 5.73 Å². The fourth-order valence-corrected chi connectivity index (χ4v) is 2.75. The van der Waals surface area contributed by atoms with E-state index in [9.17, 15) is 4.79 Å². The Kier molecular flexibility index (Phi) is 13.8. The van der Waals surface area contributed by atoms with Crippen LogP contribution in [0.3, 0.4) is 0 Å². The molecule has 4 nitrogen and oxygen atoms in total. The summed E-state index contributed by atoms with van der Waals surface area (Å²) in [7, 11) is 0. The summed E-state index contributed by atoms with van der Waals surface area (Å²) in [5.41, 5.74) is 5.74. The standard InChI is InChI=1S/C15H31N3O.2ClH/c1-12(2)10-14(11-16)17-15(19)13(3)18-8-6-4-5-7-9-18;;/h12-14H,4-11,16H2,1-3H3,(H,17,19);2*1H. The molecule has 2 unspecified atom stereocenters. The molecule has 0 aliphatic carbocycles. The van der Waals surface area contributed by atoms with Crippen LogP contribution in [0.1, 0.15) is 52.9 Å². The van der Waals surface area contributed by atoms with Gasteiger partial charge in [0.2, 0.25) is 5.91 Å². The monoisotopic (exact) mass is 341 g/mol. The molecule has 1 saturated heterocycles. The van der Waals surface area contributed by atoms with Crippen LogP contribution in [-0.4, -0.2) is 42.5 Å². The number of likely N-dealkylation sites (tertiary alicyclic amines) is 1. The lowest BCUT2D eigenvalue weighted by Crippen LogP contribution is -2.50. The normalized spacial score (nSPS) is 18.9. The van der Waals surface area contributed by atoms with E-state index in [-0.39, 0.29) is 42.8 Å². The highest BCUT2D eigenvalue weighted by Gasteiger charge is 2.23. The molecule has 0 aromatic heterocycles. The van der Waals surface area contributed by atoms with Gasteiger partial charge >= 0.3 is 0 Å². The first-order chi connectivity index (χ1) is 9.04. The summed E-state index contributed by atoms with van der Waals surface area (Å²) in [5.74, 6) is 0.695. The second kappa shape index (κ2) is 12.5. The van der Waals surface area contributed by atoms with Crippen LogP contribution in [0.2, 0.25) is 0 Å². The number of hydrogen-bond donors (Lipinski definition) is 2. The van der Waals surface area contributed by atoms with Crippen molar-refractivity contribution < 1.29 is 4.79 Å². The van der Waals surface area contributed by atoms with Crippen LogP contribution in [0.15, 0.2) is 0 Å². The third-order valence-corrected chi connectivity index (χ3v) is 3.95. The van der Waals surface area contributed by atoms with E-state index in [1.54, 1.807) is 0 Å². The minimum atomic E-state index is -0.0284. The molecule has 2 atom stereocenters. The average Bonchev–Trinajstić information content (AvgIpc) is 2.65. The Balaban J connectivity index is 0. The maximum absolute atomic E-state index is 12.3. The van der Waals surface area contributed by atoms with Crippen molar-refractivity contribution in [3.05, 3.63) is 0 Å². The topological polar surface area (TPSA) is 58.4 Å². The molecule has 6 heteroatoms. The first-order valence-electron chi connectivity index (χ1n) is 7.79. The van der Waals surface area contributed by atoms with Gasteiger partial charge in [0, 0.05) is 12.6 Å². The van der Waals surface area contributed by atoms with Crippen molar-refractivity contribution >= 4 is 30.7 Å². The fraction of sp³-hybridized carbons (Fsp3) is 0.933. The predicted molar refractivity (Wildman–Crippen MR) is 94.4 cm³/mol. The van der Waals surface area contributed by atoms with Crippen molar-refractivity contribution in [3.63, 3.8) is 0 Å². The zero-order chi connectivity index (χ0) is 14.3. The van der Waals surface area contributed by atoms with E-state index in [0.717, 1.165) is 19.5 Å². The molecule has 128 valence electrons. The second-order valence-corrected chi connectivity index (χ2v) is 6.20. The Hall–Kier alpha value is -0.0300. The Bertz CT molecular complexity index is 270. The summed E-state index contributed by atoms with van der Waals surface area (Å²) in [5, 5.41) is 3.11. The molecule has 0 radical (unpaired) electrons. The molecular formula is C15H33Cl2N3O. The molecule has 0 spiro atoms. The molecule has 0 aromatic carbocycles. The highest BCUT2D eigenvalue weighted by atomic mass is 35.5. The van der Waals surface area contributed by atoms with Crippen LogP contribution < -0.4 is 11.1 Å². The predicted octanol–water partition coefficient (Wildman–Crippen LogP) is 2.58. The van der Waals surface area contributed by atoms with Crippen molar-refractivity contribution in [3.8, 4) is 0 Å². The number of amides is 1. The highest BCUT2D eigenvalue weighted by molar-refractivity contribution is 5.85. The minimum Gasteiger partial charge on any atom is -0.351 e. The van der Waals surface area contributed by atoms with E-state index >= 15 is 0 Å². The van der Waals surface area contributed by atoms with Crippen molar-refractivity contribution in [2.75, 3.05) is 19.6 Å². The van der Waals surface area contributed by atoms with Gasteiger partial charge in [0.1, 0.15) is 0 Å². The zero-order valence-electron chi connectivity index (χ0n) is 13.6. The quantitative estimate of drug-likeness (QED) is 0.780. The van der Waals surface area contributed by atoms with Crippen molar-refractivity contribution in [2.24, 2.45) is 11.7 Å². The Morgan fingerprint density at radius 1 is 1.10 bits per heavy atom. The average molecular weight is 342 g/mol. The number of carbonyl (C=O) groups excluding carboxylic acids is 1. The van der Waals surface area contributed by atoms with E-state index in [1.165, 1.54) is 25.7 Å². The van der Waals surface area contributed by atoms with Gasteiger partial charge in [-0.25, -0.2) is 0 Å². The van der Waals surface area contributed by atoms with Crippen LogP contribution in [0.4, 0.5) is 0 Å². The first-order valence-corrected chi connectivity index (χ1v) is 7.79. The van der Waals surface area contributed by atoms with Gasteiger partial charge in [-0.2, -0.15) is 0 Å². The minimum absolute atomic E-state index is 0. The Morgan fingerprint density at radius 3 is 2.05 bits per heavy atom. The molecule has 3 N–H and O–H groups in total. The van der Waals surface area contributed by atoms with Gasteiger partial charge in [0.15, 0.2) is 0 Å². The molecule has 1 aliphatic heterocycles. The van der Waals surface area contributed by atoms with E-state index in [2.05, 4.69) is 24.1 Å². The number of halogens is 2. The number of nitrogens with two attached hydrogens (primary N) is 1. The molecule has 1 amide bonds. The number of hydrogen-bond acceptors (Lipinski definition) is 3. The van der Waals surface area contributed by atoms with Gasteiger partial charge in [0.25, 0.3) is 0 Å². The summed E-state index contributed by atoms with van der Waals surface area (Å²) in [6, 6.07) is 0.0845. The number of nitrogens with one attached hydrogen (secondary N) is 1. The first kappa shape index (κ1) is 23.2. The van der Waals surface area contributed by atoms with Gasteiger partial charge in [-0.3, -0.25) is 9.69 Å². The molecule has 0 aromatic rings. The maximum atomic E-state index is 12.3. The van der Waals surface area contributed by atoms with Crippen LogP contribution in [-0.2, 0) is 4.79 Å². The molecule has 1 heterocycles. The molecule has 1 rings (SSSR count). The van der Waals surface area contributed by atoms with Crippen LogP contribution in [0.25, 0.3) is 0 Å². The number of carbonyl (C=O) groups is 1. The molecule has 1 fully saturated rings. The number of rotatable bonds is 6. The summed E-state index contributed by atoms with van der Waals surface area (Å²) < 4.78 is 0. The lowest BCUT2D eigenvalue weighted by molar-refractivity contribution is -0.126. The number of nitrogens with zero attached hydrogens (tertiary/aromatic N) is 1. The SMILES string of the molecule is CC(C)CC(CN)NC(=O)C(C)N1CCCCCC1.Cl.Cl. The van der Waals surface area contributed by atoms with Gasteiger partial charge in [-0.1, -0.05) is 26.7 Å². The second-order valence-electron chi connectivity index (χ2n) is 6.20. The Labute approximate surface area is 142 Å². The Morgan fingerprint density at radius 2 is 1.62 bits per heavy atom. The summed E-state index contributed by atoms with van der Waals surface area (Å²) in [4.78, 5) is 14.6. The summed E-state index contributed by atoms with van der Waals surface area (Å²) in [6.45, 7) is 8.96. The lowest BCUT2D eigenvalue weighted by atomic mass is 10.0. The molecular weight excluding hydrogens is 309 g/mol. The third-order valence-electron chi connectivity index (χ3n) is 3.95. The van der Waals surface area contributed by atoms with E-state index < -0.39 is 0 Å². The summed E-state index contributed by atoms with van der Waals surface area (Å²) in [6.07, 6.45) is 5.97.